The molecule has 0 saturated carbocycles. The van der Waals surface area contributed by atoms with E-state index in [-0.39, 0.29) is 11.7 Å². The van der Waals surface area contributed by atoms with Gasteiger partial charge in [0.25, 0.3) is 5.91 Å². The lowest BCUT2D eigenvalue weighted by atomic mass is 10.1. The molecule has 1 fully saturated rings. The van der Waals surface area contributed by atoms with Gasteiger partial charge < -0.3 is 19.9 Å². The molecule has 1 aliphatic rings. The number of aryl methyl sites for hydroxylation is 1. The van der Waals surface area contributed by atoms with Gasteiger partial charge in [-0.2, -0.15) is 0 Å². The summed E-state index contributed by atoms with van der Waals surface area (Å²) in [5, 5.41) is 5.96. The van der Waals surface area contributed by atoms with Crippen molar-refractivity contribution in [2.75, 3.05) is 31.1 Å². The van der Waals surface area contributed by atoms with Crippen LogP contribution in [0, 0.1) is 6.92 Å². The molecule has 0 unspecified atom stereocenters. The summed E-state index contributed by atoms with van der Waals surface area (Å²) in [7, 11) is 0. The van der Waals surface area contributed by atoms with Crippen LogP contribution in [0.5, 0.6) is 5.75 Å². The number of hydrogen-bond acceptors (Lipinski definition) is 6. The highest BCUT2D eigenvalue weighted by Gasteiger charge is 2.31. The van der Waals surface area contributed by atoms with Crippen LogP contribution in [0.15, 0.2) is 78.2 Å². The Morgan fingerprint density at radius 1 is 1.00 bits per heavy atom. The average Bonchev–Trinajstić information content (AvgIpc) is 3.43. The fourth-order valence-corrected chi connectivity index (χ4v) is 5.38. The van der Waals surface area contributed by atoms with Gasteiger partial charge in [0.2, 0.25) is 0 Å². The number of piperazine rings is 1. The molecule has 2 heterocycles. The van der Waals surface area contributed by atoms with Gasteiger partial charge in [-0.1, -0.05) is 54.1 Å². The van der Waals surface area contributed by atoms with Crippen molar-refractivity contribution >= 4 is 22.4 Å². The number of amides is 1. The van der Waals surface area contributed by atoms with Crippen LogP contribution in [0.4, 0.5) is 18.3 Å². The molecule has 1 amide bonds. The Labute approximate surface area is 235 Å². The molecule has 5 rings (SSSR count). The Balaban J connectivity index is 1.38. The molecular weight excluding hydrogens is 537 g/mol. The van der Waals surface area contributed by atoms with Crippen LogP contribution in [0.1, 0.15) is 27.0 Å². The van der Waals surface area contributed by atoms with E-state index >= 15 is 0 Å². The van der Waals surface area contributed by atoms with Gasteiger partial charge in [-0.05, 0) is 42.3 Å². The minimum absolute atomic E-state index is 0.00838. The van der Waals surface area contributed by atoms with Crippen molar-refractivity contribution in [3.05, 3.63) is 100 Å². The smallest absolute Gasteiger partial charge is 0.406 e. The van der Waals surface area contributed by atoms with Gasteiger partial charge in [-0.15, -0.1) is 24.5 Å². The molecular formula is C30H29F3N4O2S. The lowest BCUT2D eigenvalue weighted by Gasteiger charge is -2.27. The summed E-state index contributed by atoms with van der Waals surface area (Å²) < 4.78 is 42.6. The normalized spacial score (nSPS) is 13.8. The summed E-state index contributed by atoms with van der Waals surface area (Å²) in [5.74, 6) is -0.255. The number of ether oxygens (including phenoxy) is 1. The van der Waals surface area contributed by atoms with Crippen LogP contribution in [-0.2, 0) is 13.1 Å². The first-order chi connectivity index (χ1) is 19.2. The molecule has 4 aromatic rings. The molecule has 1 saturated heterocycles. The molecule has 1 aromatic heterocycles. The monoisotopic (exact) mass is 566 g/mol. The van der Waals surface area contributed by atoms with Crippen LogP contribution in [0.2, 0.25) is 0 Å². The SMILES string of the molecule is Cc1ccc(-c2csc(N(Cc3ccc(C(=O)N4CCNCC4)cc3)Cc3cccc(OC(F)(F)F)c3)n2)cc1. The van der Waals surface area contributed by atoms with Crippen molar-refractivity contribution in [3.8, 4) is 17.0 Å². The summed E-state index contributed by atoms with van der Waals surface area (Å²) >= 11 is 1.47. The lowest BCUT2D eigenvalue weighted by molar-refractivity contribution is -0.274. The van der Waals surface area contributed by atoms with Crippen LogP contribution in [0.25, 0.3) is 11.3 Å². The molecule has 6 nitrogen and oxygen atoms in total. The molecule has 10 heteroatoms. The predicted molar refractivity (Wildman–Crippen MR) is 151 cm³/mol. The highest BCUT2D eigenvalue weighted by molar-refractivity contribution is 7.14. The van der Waals surface area contributed by atoms with E-state index < -0.39 is 6.36 Å². The Morgan fingerprint density at radius 3 is 2.40 bits per heavy atom. The first kappa shape index (κ1) is 27.7. The van der Waals surface area contributed by atoms with E-state index in [9.17, 15) is 18.0 Å². The fourth-order valence-electron chi connectivity index (χ4n) is 4.54. The van der Waals surface area contributed by atoms with Gasteiger partial charge in [0, 0.05) is 55.8 Å². The van der Waals surface area contributed by atoms with Crippen LogP contribution in [-0.4, -0.2) is 48.3 Å². The second kappa shape index (κ2) is 12.1. The molecule has 1 aliphatic heterocycles. The minimum Gasteiger partial charge on any atom is -0.406 e. The number of aromatic nitrogens is 1. The van der Waals surface area contributed by atoms with Crippen molar-refractivity contribution in [3.63, 3.8) is 0 Å². The number of nitrogens with one attached hydrogen (secondary N) is 1. The van der Waals surface area contributed by atoms with Crippen molar-refractivity contribution in [2.24, 2.45) is 0 Å². The second-order valence-corrected chi connectivity index (χ2v) is 10.5. The number of halogens is 3. The van der Waals surface area contributed by atoms with E-state index in [0.29, 0.717) is 37.3 Å². The highest BCUT2D eigenvalue weighted by atomic mass is 32.1. The summed E-state index contributed by atoms with van der Waals surface area (Å²) in [6.07, 6.45) is -4.76. The molecule has 0 radical (unpaired) electrons. The van der Waals surface area contributed by atoms with Crippen molar-refractivity contribution in [2.45, 2.75) is 26.4 Å². The maximum Gasteiger partial charge on any atom is 0.573 e. The summed E-state index contributed by atoms with van der Waals surface area (Å²) in [4.78, 5) is 21.6. The van der Waals surface area contributed by atoms with Crippen molar-refractivity contribution in [1.29, 1.82) is 0 Å². The number of hydrogen-bond donors (Lipinski definition) is 1. The van der Waals surface area contributed by atoms with Crippen LogP contribution >= 0.6 is 11.3 Å². The second-order valence-electron chi connectivity index (χ2n) is 9.67. The zero-order valence-corrected chi connectivity index (χ0v) is 22.8. The lowest BCUT2D eigenvalue weighted by Crippen LogP contribution is -2.46. The third-order valence-electron chi connectivity index (χ3n) is 6.59. The molecule has 0 aliphatic carbocycles. The van der Waals surface area contributed by atoms with Crippen LogP contribution in [0.3, 0.4) is 0 Å². The van der Waals surface area contributed by atoms with Crippen LogP contribution < -0.4 is 15.0 Å². The predicted octanol–water partition coefficient (Wildman–Crippen LogP) is 6.27. The molecule has 1 N–H and O–H groups in total. The van der Waals surface area contributed by atoms with Crippen molar-refractivity contribution in [1.82, 2.24) is 15.2 Å². The fraction of sp³-hybridized carbons (Fsp3) is 0.267. The topological polar surface area (TPSA) is 57.7 Å². The summed E-state index contributed by atoms with van der Waals surface area (Å²) in [6, 6.07) is 21.6. The Hall–Kier alpha value is -3.89. The summed E-state index contributed by atoms with van der Waals surface area (Å²) in [6.45, 7) is 5.72. The maximum absolute atomic E-state index is 12.9. The van der Waals surface area contributed by atoms with E-state index in [1.165, 1.54) is 23.5 Å². The Bertz CT molecular complexity index is 1430. The molecule has 0 bridgehead atoms. The molecule has 40 heavy (non-hydrogen) atoms. The number of anilines is 1. The van der Waals surface area contributed by atoms with Gasteiger partial charge >= 0.3 is 6.36 Å². The van der Waals surface area contributed by atoms with E-state index in [4.69, 9.17) is 4.98 Å². The molecule has 208 valence electrons. The zero-order chi connectivity index (χ0) is 28.1. The number of carbonyl (C=O) groups excluding carboxylic acids is 1. The summed E-state index contributed by atoms with van der Waals surface area (Å²) in [5.41, 5.74) is 5.21. The number of rotatable bonds is 8. The van der Waals surface area contributed by atoms with Gasteiger partial charge in [0.05, 0.1) is 5.69 Å². The molecule has 0 atom stereocenters. The number of alkyl halides is 3. The van der Waals surface area contributed by atoms with E-state index in [1.54, 1.807) is 12.1 Å². The quantitative estimate of drug-likeness (QED) is 0.273. The molecule has 0 spiro atoms. The minimum atomic E-state index is -4.76. The average molecular weight is 567 g/mol. The third kappa shape index (κ3) is 7.19. The Morgan fingerprint density at radius 2 is 1.70 bits per heavy atom. The number of benzene rings is 3. The van der Waals surface area contributed by atoms with Gasteiger partial charge in [-0.25, -0.2) is 4.98 Å². The highest BCUT2D eigenvalue weighted by Crippen LogP contribution is 2.31. The van der Waals surface area contributed by atoms with Crippen molar-refractivity contribution < 1.29 is 22.7 Å². The third-order valence-corrected chi connectivity index (χ3v) is 7.50. The first-order valence-electron chi connectivity index (χ1n) is 12.9. The number of nitrogens with zero attached hydrogens (tertiary/aromatic N) is 3. The van der Waals surface area contributed by atoms with E-state index in [2.05, 4.69) is 10.1 Å². The first-order valence-corrected chi connectivity index (χ1v) is 13.8. The van der Waals surface area contributed by atoms with E-state index in [1.807, 2.05) is 70.6 Å². The largest absolute Gasteiger partial charge is 0.573 e. The van der Waals surface area contributed by atoms with Gasteiger partial charge in [0.1, 0.15) is 5.75 Å². The standard InChI is InChI=1S/C30H29F3N4O2S/c1-21-5-9-24(10-6-21)27-20-40-29(35-27)37(19-23-3-2-4-26(17-23)39-30(31,32)33)18-22-7-11-25(12-8-22)28(38)36-15-13-34-14-16-36/h2-12,17,20,34H,13-16,18-19H2,1H3. The Kier molecular flexibility index (Phi) is 8.37. The van der Waals surface area contributed by atoms with E-state index in [0.717, 1.165) is 40.6 Å². The molecule has 3 aromatic carbocycles. The van der Waals surface area contributed by atoms with Gasteiger partial charge in [0.15, 0.2) is 5.13 Å². The zero-order valence-electron chi connectivity index (χ0n) is 21.9. The number of thiazole rings is 1. The van der Waals surface area contributed by atoms with Gasteiger partial charge in [-0.3, -0.25) is 4.79 Å². The number of carbonyl (C=O) groups is 1. The maximum atomic E-state index is 12.9.